The number of halogens is 1. The van der Waals surface area contributed by atoms with E-state index in [4.69, 9.17) is 4.74 Å². The van der Waals surface area contributed by atoms with Crippen molar-refractivity contribution in [3.05, 3.63) is 28.7 Å². The van der Waals surface area contributed by atoms with Crippen molar-refractivity contribution in [2.45, 2.75) is 62.1 Å². The fraction of sp³-hybridized carbons (Fsp3) is 0.579. The Morgan fingerprint density at radius 1 is 1.15 bits per heavy atom. The molecule has 1 aliphatic carbocycles. The molecule has 150 valence electrons. The van der Waals surface area contributed by atoms with Gasteiger partial charge in [-0.1, -0.05) is 42.6 Å². The lowest BCUT2D eigenvalue weighted by molar-refractivity contribution is -0.151. The summed E-state index contributed by atoms with van der Waals surface area (Å²) in [6, 6.07) is 6.14. The number of ether oxygens (including phenoxy) is 1. The quantitative estimate of drug-likeness (QED) is 0.631. The lowest BCUT2D eigenvalue weighted by Gasteiger charge is -2.26. The van der Waals surface area contributed by atoms with Gasteiger partial charge in [0.1, 0.15) is 0 Å². The summed E-state index contributed by atoms with van der Waals surface area (Å²) in [5.74, 6) is -1.03. The zero-order chi connectivity index (χ0) is 20.2. The monoisotopic (exact) mass is 459 g/mol. The van der Waals surface area contributed by atoms with E-state index < -0.39 is 33.1 Å². The molecule has 6 nitrogen and oxygen atoms in total. The van der Waals surface area contributed by atoms with Gasteiger partial charge in [-0.05, 0) is 49.9 Å². The highest BCUT2D eigenvalue weighted by Crippen LogP contribution is 2.41. The van der Waals surface area contributed by atoms with Crippen molar-refractivity contribution in [3.8, 4) is 0 Å². The Labute approximate surface area is 169 Å². The van der Waals surface area contributed by atoms with Gasteiger partial charge in [-0.2, -0.15) is 0 Å². The number of rotatable bonds is 7. The van der Waals surface area contributed by atoms with Crippen LogP contribution in [-0.4, -0.2) is 37.7 Å². The van der Waals surface area contributed by atoms with Crippen molar-refractivity contribution >= 4 is 37.6 Å². The zero-order valence-corrected chi connectivity index (χ0v) is 18.2. The van der Waals surface area contributed by atoms with Gasteiger partial charge in [0.05, 0.1) is 4.90 Å². The van der Waals surface area contributed by atoms with Crippen molar-refractivity contribution in [1.29, 1.82) is 0 Å². The van der Waals surface area contributed by atoms with E-state index in [-0.39, 0.29) is 29.7 Å². The molecule has 0 radical (unpaired) electrons. The Morgan fingerprint density at radius 3 is 2.22 bits per heavy atom. The van der Waals surface area contributed by atoms with E-state index in [1.807, 2.05) is 20.8 Å². The van der Waals surface area contributed by atoms with Crippen LogP contribution in [-0.2, 0) is 24.2 Å². The number of carbonyl (C=O) groups excluding carboxylic acids is 2. The summed E-state index contributed by atoms with van der Waals surface area (Å²) in [6.07, 6.45) is 1.66. The number of hydrogen-bond donors (Lipinski definition) is 1. The van der Waals surface area contributed by atoms with Crippen LogP contribution in [0.25, 0.3) is 0 Å². The number of nitrogens with one attached hydrogen (secondary N) is 1. The van der Waals surface area contributed by atoms with E-state index >= 15 is 0 Å². The number of hydrogen-bond acceptors (Lipinski definition) is 5. The maximum atomic E-state index is 13.2. The first-order valence-electron chi connectivity index (χ1n) is 9.07. The fourth-order valence-corrected chi connectivity index (χ4v) is 5.41. The Bertz CT molecular complexity index is 783. The van der Waals surface area contributed by atoms with Crippen LogP contribution in [0, 0.1) is 5.92 Å². The van der Waals surface area contributed by atoms with Crippen molar-refractivity contribution in [1.82, 2.24) is 5.32 Å². The molecule has 2 rings (SSSR count). The van der Waals surface area contributed by atoms with Crippen LogP contribution < -0.4 is 5.32 Å². The van der Waals surface area contributed by atoms with Gasteiger partial charge in [0, 0.05) is 10.5 Å². The van der Waals surface area contributed by atoms with Gasteiger partial charge in [0.2, 0.25) is 0 Å². The molecule has 1 N–H and O–H groups in total. The summed E-state index contributed by atoms with van der Waals surface area (Å²) in [5, 5.41) is 2.74. The average molecular weight is 460 g/mol. The molecule has 0 unspecified atom stereocenters. The van der Waals surface area contributed by atoms with Crippen LogP contribution in [0.2, 0.25) is 0 Å². The van der Waals surface area contributed by atoms with Crippen molar-refractivity contribution < 1.29 is 22.7 Å². The van der Waals surface area contributed by atoms with E-state index in [1.165, 1.54) is 12.1 Å². The predicted octanol–water partition coefficient (Wildman–Crippen LogP) is 3.24. The highest BCUT2D eigenvalue weighted by Gasteiger charge is 2.54. The summed E-state index contributed by atoms with van der Waals surface area (Å²) in [6.45, 7) is 5.32. The van der Waals surface area contributed by atoms with Gasteiger partial charge in [-0.15, -0.1) is 0 Å². The fourth-order valence-electron chi connectivity index (χ4n) is 3.09. The van der Waals surface area contributed by atoms with E-state index in [0.717, 1.165) is 4.47 Å². The van der Waals surface area contributed by atoms with Crippen LogP contribution in [0.1, 0.15) is 46.5 Å². The molecule has 0 bridgehead atoms. The molecular formula is C19H26BrNO5S. The normalized spacial score (nSPS) is 17.5. The standard InChI is InChI=1S/C19H26BrNO5S/c1-13(2)14(3)21-17(22)12-26-18(23)19(10-4-5-11-19)27(24,25)16-8-6-15(20)7-9-16/h6-9,13-14H,4-5,10-12H2,1-3H3,(H,21,22)/t14-/m0/s1. The first-order valence-corrected chi connectivity index (χ1v) is 11.3. The van der Waals surface area contributed by atoms with Crippen LogP contribution >= 0.6 is 15.9 Å². The minimum absolute atomic E-state index is 0.0665. The molecule has 1 aliphatic rings. The van der Waals surface area contributed by atoms with Gasteiger partial charge >= 0.3 is 5.97 Å². The second-order valence-corrected chi connectivity index (χ2v) is 10.5. The van der Waals surface area contributed by atoms with Gasteiger partial charge in [-0.3, -0.25) is 9.59 Å². The maximum absolute atomic E-state index is 13.2. The van der Waals surface area contributed by atoms with Gasteiger partial charge in [0.25, 0.3) is 5.91 Å². The molecule has 0 heterocycles. The Balaban J connectivity index is 2.17. The first kappa shape index (κ1) is 21.9. The molecule has 1 atom stereocenters. The zero-order valence-electron chi connectivity index (χ0n) is 15.8. The molecule has 1 aromatic rings. The van der Waals surface area contributed by atoms with E-state index in [9.17, 15) is 18.0 Å². The molecule has 1 saturated carbocycles. The Kier molecular flexibility index (Phi) is 7.08. The summed E-state index contributed by atoms with van der Waals surface area (Å²) in [5.41, 5.74) is 0. The van der Waals surface area contributed by atoms with Crippen molar-refractivity contribution in [2.24, 2.45) is 5.92 Å². The number of esters is 1. The molecule has 1 amide bonds. The Morgan fingerprint density at radius 2 is 1.70 bits per heavy atom. The third kappa shape index (κ3) is 4.71. The molecule has 27 heavy (non-hydrogen) atoms. The number of sulfone groups is 1. The second kappa shape index (κ2) is 8.73. The number of carbonyl (C=O) groups is 2. The third-order valence-corrected chi connectivity index (χ3v) is 8.17. The van der Waals surface area contributed by atoms with Crippen LogP contribution in [0.15, 0.2) is 33.6 Å². The highest BCUT2D eigenvalue weighted by atomic mass is 79.9. The first-order chi connectivity index (χ1) is 12.6. The SMILES string of the molecule is CC(C)[C@H](C)NC(=O)COC(=O)C1(S(=O)(=O)c2ccc(Br)cc2)CCCC1. The topological polar surface area (TPSA) is 89.5 Å². The molecule has 0 aromatic heterocycles. The van der Waals surface area contributed by atoms with Gasteiger partial charge in [-0.25, -0.2) is 8.42 Å². The second-order valence-electron chi connectivity index (χ2n) is 7.34. The molecule has 8 heteroatoms. The summed E-state index contributed by atoms with van der Waals surface area (Å²) >= 11 is 3.28. The predicted molar refractivity (Wildman–Crippen MR) is 106 cm³/mol. The van der Waals surface area contributed by atoms with Gasteiger partial charge < -0.3 is 10.1 Å². The third-order valence-electron chi connectivity index (χ3n) is 5.14. The lowest BCUT2D eigenvalue weighted by atomic mass is 10.1. The molecule has 1 fully saturated rings. The minimum Gasteiger partial charge on any atom is -0.454 e. The minimum atomic E-state index is -3.93. The Hall–Kier alpha value is -1.41. The summed E-state index contributed by atoms with van der Waals surface area (Å²) in [4.78, 5) is 24.9. The van der Waals surface area contributed by atoms with E-state index in [0.29, 0.717) is 12.8 Å². The summed E-state index contributed by atoms with van der Waals surface area (Å²) in [7, 11) is -3.93. The number of amides is 1. The molecule has 0 aliphatic heterocycles. The molecule has 0 spiro atoms. The molecular weight excluding hydrogens is 434 g/mol. The molecule has 0 saturated heterocycles. The molecule has 1 aromatic carbocycles. The van der Waals surface area contributed by atoms with Crippen LogP contribution in [0.4, 0.5) is 0 Å². The summed E-state index contributed by atoms with van der Waals surface area (Å²) < 4.78 is 30.7. The average Bonchev–Trinajstić information content (AvgIpc) is 3.11. The van der Waals surface area contributed by atoms with E-state index in [2.05, 4.69) is 21.2 Å². The van der Waals surface area contributed by atoms with Crippen molar-refractivity contribution in [2.75, 3.05) is 6.61 Å². The smallest absolute Gasteiger partial charge is 0.328 e. The lowest BCUT2D eigenvalue weighted by Crippen LogP contribution is -2.47. The van der Waals surface area contributed by atoms with Gasteiger partial charge in [0.15, 0.2) is 21.2 Å². The van der Waals surface area contributed by atoms with Crippen molar-refractivity contribution in [3.63, 3.8) is 0 Å². The van der Waals surface area contributed by atoms with E-state index in [1.54, 1.807) is 12.1 Å². The number of benzene rings is 1. The maximum Gasteiger partial charge on any atom is 0.328 e. The van der Waals surface area contributed by atoms with Crippen LogP contribution in [0.3, 0.4) is 0 Å². The highest BCUT2D eigenvalue weighted by molar-refractivity contribution is 9.10. The largest absolute Gasteiger partial charge is 0.454 e. The van der Waals surface area contributed by atoms with Crippen LogP contribution in [0.5, 0.6) is 0 Å².